The van der Waals surface area contributed by atoms with Gasteiger partial charge in [0.15, 0.2) is 0 Å². The van der Waals surface area contributed by atoms with Gasteiger partial charge in [-0.05, 0) is 32.6 Å². The molecule has 3 atom stereocenters. The second kappa shape index (κ2) is 9.57. The number of aliphatic hydroxyl groups is 1. The maximum atomic E-state index is 12.4. The Balaban J connectivity index is 1.67. The van der Waals surface area contributed by atoms with Gasteiger partial charge in [0.2, 0.25) is 0 Å². The molecular weight excluding hydrogens is 296 g/mol. The average molecular weight is 328 g/mol. The number of piperazine rings is 1. The molecule has 2 fully saturated rings. The summed E-state index contributed by atoms with van der Waals surface area (Å²) in [5.74, 6) is 0.0662. The van der Waals surface area contributed by atoms with E-state index in [9.17, 15) is 9.90 Å². The highest BCUT2D eigenvalue weighted by Gasteiger charge is 2.26. The van der Waals surface area contributed by atoms with Crippen molar-refractivity contribution >= 4 is 5.91 Å². The minimum atomic E-state index is -0.409. The van der Waals surface area contributed by atoms with Crippen LogP contribution >= 0.6 is 0 Å². The Kier molecular flexibility index (Phi) is 7.76. The lowest BCUT2D eigenvalue weighted by Gasteiger charge is -2.36. The number of hydrogen-bond acceptors (Lipinski definition) is 5. The Morgan fingerprint density at radius 2 is 2.04 bits per heavy atom. The Labute approximate surface area is 139 Å². The first-order chi connectivity index (χ1) is 11.1. The standard InChI is InChI=1S/C17H32N2O4/c1-3-15(20)12-18-7-9-19(10-8-18)17(21)14(2)23-13-16-6-4-5-11-22-16/h14-16,20H,3-13H2,1-2H3/t14-,15-,16-/m0/s1. The second-order valence-corrected chi connectivity index (χ2v) is 6.65. The van der Waals surface area contributed by atoms with Crippen molar-refractivity contribution in [2.45, 2.75) is 57.8 Å². The normalized spacial score (nSPS) is 26.0. The van der Waals surface area contributed by atoms with Crippen molar-refractivity contribution in [1.29, 1.82) is 0 Å². The number of hydrogen-bond donors (Lipinski definition) is 1. The summed E-state index contributed by atoms with van der Waals surface area (Å²) in [5, 5.41) is 9.71. The molecule has 0 unspecified atom stereocenters. The van der Waals surface area contributed by atoms with Crippen LogP contribution in [0, 0.1) is 0 Å². The van der Waals surface area contributed by atoms with E-state index >= 15 is 0 Å². The summed E-state index contributed by atoms with van der Waals surface area (Å²) in [7, 11) is 0. The van der Waals surface area contributed by atoms with Crippen molar-refractivity contribution in [1.82, 2.24) is 9.80 Å². The van der Waals surface area contributed by atoms with Gasteiger partial charge in [-0.3, -0.25) is 9.69 Å². The Morgan fingerprint density at radius 3 is 2.65 bits per heavy atom. The summed E-state index contributed by atoms with van der Waals surface area (Å²) >= 11 is 0. The highest BCUT2D eigenvalue weighted by molar-refractivity contribution is 5.80. The van der Waals surface area contributed by atoms with E-state index in [0.29, 0.717) is 26.2 Å². The SMILES string of the molecule is CC[C@H](O)CN1CCN(C(=O)[C@H](C)OC[C@@H]2CCCCO2)CC1. The van der Waals surface area contributed by atoms with Gasteiger partial charge >= 0.3 is 0 Å². The molecule has 0 radical (unpaired) electrons. The van der Waals surface area contributed by atoms with E-state index in [0.717, 1.165) is 39.0 Å². The van der Waals surface area contributed by atoms with Crippen LogP contribution in [0.3, 0.4) is 0 Å². The van der Waals surface area contributed by atoms with Crippen molar-refractivity contribution in [3.8, 4) is 0 Å². The Hall–Kier alpha value is -0.690. The van der Waals surface area contributed by atoms with Crippen molar-refractivity contribution in [2.24, 2.45) is 0 Å². The molecule has 0 aromatic rings. The van der Waals surface area contributed by atoms with Gasteiger partial charge in [0.25, 0.3) is 5.91 Å². The van der Waals surface area contributed by atoms with Gasteiger partial charge < -0.3 is 19.5 Å². The minimum absolute atomic E-state index is 0.0662. The van der Waals surface area contributed by atoms with Gasteiger partial charge in [-0.15, -0.1) is 0 Å². The zero-order chi connectivity index (χ0) is 16.7. The molecule has 2 saturated heterocycles. The molecule has 0 aromatic carbocycles. The minimum Gasteiger partial charge on any atom is -0.392 e. The van der Waals surface area contributed by atoms with E-state index in [4.69, 9.17) is 9.47 Å². The number of carbonyl (C=O) groups is 1. The maximum Gasteiger partial charge on any atom is 0.251 e. The van der Waals surface area contributed by atoms with Gasteiger partial charge in [-0.2, -0.15) is 0 Å². The molecule has 0 bridgehead atoms. The summed E-state index contributed by atoms with van der Waals surface area (Å²) in [6.45, 7) is 8.90. The number of nitrogens with zero attached hydrogens (tertiary/aromatic N) is 2. The molecule has 0 aromatic heterocycles. The molecule has 6 heteroatoms. The number of β-amino-alcohol motifs (C(OH)–C–C–N with tert-alkyl or cyclic N) is 1. The fourth-order valence-electron chi connectivity index (χ4n) is 3.10. The van der Waals surface area contributed by atoms with E-state index in [1.807, 2.05) is 18.7 Å². The van der Waals surface area contributed by atoms with Gasteiger partial charge in [0.1, 0.15) is 6.10 Å². The zero-order valence-electron chi connectivity index (χ0n) is 14.6. The summed E-state index contributed by atoms with van der Waals surface area (Å²) in [4.78, 5) is 16.5. The average Bonchev–Trinajstić information content (AvgIpc) is 2.60. The van der Waals surface area contributed by atoms with Crippen molar-refractivity contribution in [2.75, 3.05) is 45.9 Å². The number of ether oxygens (including phenoxy) is 2. The van der Waals surface area contributed by atoms with Crippen LogP contribution in [0.1, 0.15) is 39.5 Å². The fraction of sp³-hybridized carbons (Fsp3) is 0.941. The molecular formula is C17H32N2O4. The molecule has 134 valence electrons. The molecule has 2 rings (SSSR count). The molecule has 0 spiro atoms. The highest BCUT2D eigenvalue weighted by atomic mass is 16.5. The van der Waals surface area contributed by atoms with Gasteiger partial charge in [0, 0.05) is 39.3 Å². The van der Waals surface area contributed by atoms with E-state index < -0.39 is 6.10 Å². The van der Waals surface area contributed by atoms with Gasteiger partial charge in [0.05, 0.1) is 18.8 Å². The van der Waals surface area contributed by atoms with Crippen molar-refractivity contribution < 1.29 is 19.4 Å². The van der Waals surface area contributed by atoms with Crippen molar-refractivity contribution in [3.63, 3.8) is 0 Å². The molecule has 2 heterocycles. The highest BCUT2D eigenvalue weighted by Crippen LogP contribution is 2.14. The maximum absolute atomic E-state index is 12.4. The van der Waals surface area contributed by atoms with Crippen LogP contribution < -0.4 is 0 Å². The molecule has 2 aliphatic heterocycles. The van der Waals surface area contributed by atoms with E-state index in [2.05, 4.69) is 4.90 Å². The lowest BCUT2D eigenvalue weighted by Crippen LogP contribution is -2.52. The van der Waals surface area contributed by atoms with Gasteiger partial charge in [-0.1, -0.05) is 6.92 Å². The van der Waals surface area contributed by atoms with Crippen LogP contribution in [0.25, 0.3) is 0 Å². The van der Waals surface area contributed by atoms with Crippen LogP contribution in [0.2, 0.25) is 0 Å². The van der Waals surface area contributed by atoms with E-state index in [-0.39, 0.29) is 18.1 Å². The lowest BCUT2D eigenvalue weighted by atomic mass is 10.1. The summed E-state index contributed by atoms with van der Waals surface area (Å²) < 4.78 is 11.4. The Morgan fingerprint density at radius 1 is 1.30 bits per heavy atom. The number of amides is 1. The molecule has 1 N–H and O–H groups in total. The summed E-state index contributed by atoms with van der Waals surface area (Å²) in [6.07, 6.45) is 3.57. The molecule has 23 heavy (non-hydrogen) atoms. The third-order valence-corrected chi connectivity index (χ3v) is 4.78. The third-order valence-electron chi connectivity index (χ3n) is 4.78. The van der Waals surface area contributed by atoms with Crippen LogP contribution in [0.5, 0.6) is 0 Å². The molecule has 0 saturated carbocycles. The van der Waals surface area contributed by atoms with Gasteiger partial charge in [-0.25, -0.2) is 0 Å². The molecule has 6 nitrogen and oxygen atoms in total. The predicted octanol–water partition coefficient (Wildman–Crippen LogP) is 0.876. The first-order valence-corrected chi connectivity index (χ1v) is 9.02. The van der Waals surface area contributed by atoms with Crippen LogP contribution in [0.4, 0.5) is 0 Å². The monoisotopic (exact) mass is 328 g/mol. The topological polar surface area (TPSA) is 62.2 Å². The van der Waals surface area contributed by atoms with Crippen LogP contribution in [-0.4, -0.2) is 85.1 Å². The molecule has 0 aliphatic carbocycles. The van der Waals surface area contributed by atoms with E-state index in [1.165, 1.54) is 6.42 Å². The largest absolute Gasteiger partial charge is 0.392 e. The molecule has 1 amide bonds. The van der Waals surface area contributed by atoms with E-state index in [1.54, 1.807) is 0 Å². The lowest BCUT2D eigenvalue weighted by molar-refractivity contribution is -0.148. The third kappa shape index (κ3) is 6.03. The van der Waals surface area contributed by atoms with Crippen LogP contribution in [0.15, 0.2) is 0 Å². The smallest absolute Gasteiger partial charge is 0.251 e. The fourth-order valence-corrected chi connectivity index (χ4v) is 3.10. The predicted molar refractivity (Wildman–Crippen MR) is 88.3 cm³/mol. The number of carbonyl (C=O) groups excluding carboxylic acids is 1. The first kappa shape index (κ1) is 18.6. The quantitative estimate of drug-likeness (QED) is 0.751. The zero-order valence-corrected chi connectivity index (χ0v) is 14.6. The first-order valence-electron chi connectivity index (χ1n) is 9.02. The summed E-state index contributed by atoms with van der Waals surface area (Å²) in [5.41, 5.74) is 0. The number of aliphatic hydroxyl groups excluding tert-OH is 1. The Bertz CT molecular complexity index is 353. The second-order valence-electron chi connectivity index (χ2n) is 6.65. The van der Waals surface area contributed by atoms with Crippen molar-refractivity contribution in [3.05, 3.63) is 0 Å². The summed E-state index contributed by atoms with van der Waals surface area (Å²) in [6, 6.07) is 0. The molecule has 2 aliphatic rings. The number of rotatable bonds is 7. The van der Waals surface area contributed by atoms with Crippen LogP contribution in [-0.2, 0) is 14.3 Å².